The maximum absolute atomic E-state index is 5.66. The predicted octanol–water partition coefficient (Wildman–Crippen LogP) is 4.93. The number of halogens is 1. The quantitative estimate of drug-likeness (QED) is 0.570. The van der Waals surface area contributed by atoms with E-state index >= 15 is 0 Å². The van der Waals surface area contributed by atoms with Gasteiger partial charge in [0.1, 0.15) is 5.75 Å². The first kappa shape index (κ1) is 13.5. The van der Waals surface area contributed by atoms with Crippen LogP contribution in [0.4, 0.5) is 0 Å². The van der Waals surface area contributed by atoms with Crippen molar-refractivity contribution in [2.45, 2.75) is 11.8 Å². The summed E-state index contributed by atoms with van der Waals surface area (Å²) in [5, 5.41) is 0. The minimum atomic E-state index is 0.722. The molecule has 1 nitrogen and oxygen atoms in total. The van der Waals surface area contributed by atoms with Gasteiger partial charge in [0, 0.05) is 15.1 Å². The highest BCUT2D eigenvalue weighted by Gasteiger charge is 1.96. The summed E-state index contributed by atoms with van der Waals surface area (Å²) in [6, 6.07) is 16.5. The van der Waals surface area contributed by atoms with Gasteiger partial charge >= 0.3 is 0 Å². The van der Waals surface area contributed by atoms with Crippen molar-refractivity contribution < 1.29 is 4.74 Å². The van der Waals surface area contributed by atoms with E-state index in [-0.39, 0.29) is 0 Å². The lowest BCUT2D eigenvalue weighted by atomic mass is 10.2. The van der Waals surface area contributed by atoms with Gasteiger partial charge in [0.25, 0.3) is 0 Å². The highest BCUT2D eigenvalue weighted by molar-refractivity contribution is 9.10. The molecule has 2 aromatic carbocycles. The molecular weight excluding hydrogens is 308 g/mol. The SMILES string of the molecule is Cc1ccc(SCCOc2ccc(Br)cc2)cc1. The lowest BCUT2D eigenvalue weighted by Crippen LogP contribution is -1.99. The molecule has 0 aromatic heterocycles. The van der Waals surface area contributed by atoms with E-state index in [1.165, 1.54) is 10.5 Å². The molecule has 3 heteroatoms. The Balaban J connectivity index is 1.73. The van der Waals surface area contributed by atoms with E-state index < -0.39 is 0 Å². The fourth-order valence-electron chi connectivity index (χ4n) is 1.48. The number of aryl methyl sites for hydroxylation is 1. The lowest BCUT2D eigenvalue weighted by Gasteiger charge is -2.06. The topological polar surface area (TPSA) is 9.23 Å². The van der Waals surface area contributed by atoms with Crippen LogP contribution in [0.2, 0.25) is 0 Å². The molecule has 0 saturated carbocycles. The molecule has 0 fully saturated rings. The van der Waals surface area contributed by atoms with Crippen LogP contribution in [0.15, 0.2) is 57.9 Å². The van der Waals surface area contributed by atoms with Crippen molar-refractivity contribution in [1.82, 2.24) is 0 Å². The predicted molar refractivity (Wildman–Crippen MR) is 81.5 cm³/mol. The van der Waals surface area contributed by atoms with Crippen LogP contribution >= 0.6 is 27.7 Å². The van der Waals surface area contributed by atoms with Gasteiger partial charge in [0.2, 0.25) is 0 Å². The second-order valence-corrected chi connectivity index (χ2v) is 6.05. The molecule has 0 amide bonds. The van der Waals surface area contributed by atoms with Gasteiger partial charge in [-0.3, -0.25) is 0 Å². The van der Waals surface area contributed by atoms with Crippen LogP contribution in [0.5, 0.6) is 5.75 Å². The number of hydrogen-bond donors (Lipinski definition) is 0. The van der Waals surface area contributed by atoms with Crippen molar-refractivity contribution in [3.63, 3.8) is 0 Å². The molecule has 0 heterocycles. The summed E-state index contributed by atoms with van der Waals surface area (Å²) in [5.41, 5.74) is 1.30. The Bertz CT molecular complexity index is 431. The Morgan fingerprint density at radius 2 is 1.67 bits per heavy atom. The molecule has 0 radical (unpaired) electrons. The summed E-state index contributed by atoms with van der Waals surface area (Å²) in [5.74, 6) is 1.88. The summed E-state index contributed by atoms with van der Waals surface area (Å²) in [6.07, 6.45) is 0. The highest BCUT2D eigenvalue weighted by Crippen LogP contribution is 2.19. The van der Waals surface area contributed by atoms with Crippen molar-refractivity contribution in [2.75, 3.05) is 12.4 Å². The van der Waals surface area contributed by atoms with Gasteiger partial charge < -0.3 is 4.74 Å². The van der Waals surface area contributed by atoms with E-state index in [1.807, 2.05) is 36.0 Å². The third-order valence-corrected chi connectivity index (χ3v) is 3.96. The van der Waals surface area contributed by atoms with Crippen LogP contribution in [0.1, 0.15) is 5.56 Å². The summed E-state index contributed by atoms with van der Waals surface area (Å²) >= 11 is 5.22. The summed E-state index contributed by atoms with van der Waals surface area (Å²) in [7, 11) is 0. The second-order valence-electron chi connectivity index (χ2n) is 3.96. The lowest BCUT2D eigenvalue weighted by molar-refractivity contribution is 0.344. The minimum Gasteiger partial charge on any atom is -0.493 e. The summed E-state index contributed by atoms with van der Waals surface area (Å²) < 4.78 is 6.74. The van der Waals surface area contributed by atoms with Crippen molar-refractivity contribution in [3.05, 3.63) is 58.6 Å². The van der Waals surface area contributed by atoms with Gasteiger partial charge in [-0.2, -0.15) is 0 Å². The maximum atomic E-state index is 5.66. The molecule has 0 aliphatic heterocycles. The summed E-state index contributed by atoms with van der Waals surface area (Å²) in [6.45, 7) is 2.82. The van der Waals surface area contributed by atoms with Crippen LogP contribution in [0, 0.1) is 6.92 Å². The molecule has 0 aliphatic rings. The number of benzene rings is 2. The summed E-state index contributed by atoms with van der Waals surface area (Å²) in [4.78, 5) is 1.29. The van der Waals surface area contributed by atoms with Gasteiger partial charge in [0.05, 0.1) is 6.61 Å². The molecule has 2 aromatic rings. The molecule has 0 aliphatic carbocycles. The zero-order valence-corrected chi connectivity index (χ0v) is 12.6. The van der Waals surface area contributed by atoms with Gasteiger partial charge in [-0.15, -0.1) is 11.8 Å². The van der Waals surface area contributed by atoms with E-state index in [1.54, 1.807) is 0 Å². The van der Waals surface area contributed by atoms with E-state index in [4.69, 9.17) is 4.74 Å². The van der Waals surface area contributed by atoms with Crippen molar-refractivity contribution >= 4 is 27.7 Å². The van der Waals surface area contributed by atoms with Crippen LogP contribution in [0.25, 0.3) is 0 Å². The molecule has 0 N–H and O–H groups in total. The van der Waals surface area contributed by atoms with Crippen molar-refractivity contribution in [1.29, 1.82) is 0 Å². The van der Waals surface area contributed by atoms with Crippen LogP contribution in [-0.4, -0.2) is 12.4 Å². The normalized spacial score (nSPS) is 10.3. The Hall–Kier alpha value is -0.930. The Labute approximate surface area is 121 Å². The largest absolute Gasteiger partial charge is 0.493 e. The maximum Gasteiger partial charge on any atom is 0.119 e. The average Bonchev–Trinajstić information content (AvgIpc) is 2.39. The van der Waals surface area contributed by atoms with Gasteiger partial charge in [0.15, 0.2) is 0 Å². The Morgan fingerprint density at radius 3 is 2.33 bits per heavy atom. The van der Waals surface area contributed by atoms with Gasteiger partial charge in [-0.25, -0.2) is 0 Å². The fraction of sp³-hybridized carbons (Fsp3) is 0.200. The molecule has 2 rings (SSSR count). The Kier molecular flexibility index (Phi) is 5.14. The molecule has 94 valence electrons. The number of rotatable bonds is 5. The zero-order chi connectivity index (χ0) is 12.8. The van der Waals surface area contributed by atoms with Crippen LogP contribution in [-0.2, 0) is 0 Å². The number of hydrogen-bond acceptors (Lipinski definition) is 2. The highest BCUT2D eigenvalue weighted by atomic mass is 79.9. The van der Waals surface area contributed by atoms with E-state index in [9.17, 15) is 0 Å². The molecule has 0 saturated heterocycles. The standard InChI is InChI=1S/C15H15BrOS/c1-12-2-8-15(9-3-12)18-11-10-17-14-6-4-13(16)5-7-14/h2-9H,10-11H2,1H3. The minimum absolute atomic E-state index is 0.722. The Morgan fingerprint density at radius 1 is 1.00 bits per heavy atom. The van der Waals surface area contributed by atoms with E-state index in [2.05, 4.69) is 47.1 Å². The third kappa shape index (κ3) is 4.39. The third-order valence-electron chi connectivity index (χ3n) is 2.46. The van der Waals surface area contributed by atoms with Gasteiger partial charge in [-0.1, -0.05) is 33.6 Å². The molecule has 0 unspecified atom stereocenters. The van der Waals surface area contributed by atoms with Crippen molar-refractivity contribution in [2.24, 2.45) is 0 Å². The number of ether oxygens (including phenoxy) is 1. The van der Waals surface area contributed by atoms with E-state index in [0.29, 0.717) is 0 Å². The second kappa shape index (κ2) is 6.86. The van der Waals surface area contributed by atoms with Crippen LogP contribution in [0.3, 0.4) is 0 Å². The smallest absolute Gasteiger partial charge is 0.119 e. The zero-order valence-electron chi connectivity index (χ0n) is 10.2. The van der Waals surface area contributed by atoms with Crippen molar-refractivity contribution in [3.8, 4) is 5.75 Å². The monoisotopic (exact) mass is 322 g/mol. The molecule has 0 spiro atoms. The molecule has 0 bridgehead atoms. The van der Waals surface area contributed by atoms with Crippen LogP contribution < -0.4 is 4.74 Å². The first-order valence-electron chi connectivity index (χ1n) is 5.82. The van der Waals surface area contributed by atoms with Gasteiger partial charge in [-0.05, 0) is 43.3 Å². The number of thioether (sulfide) groups is 1. The first-order chi connectivity index (χ1) is 8.74. The van der Waals surface area contributed by atoms with E-state index in [0.717, 1.165) is 22.6 Å². The molecule has 0 atom stereocenters. The molecular formula is C15H15BrOS. The fourth-order valence-corrected chi connectivity index (χ4v) is 2.48. The first-order valence-corrected chi connectivity index (χ1v) is 7.60. The molecule has 18 heavy (non-hydrogen) atoms. The average molecular weight is 323 g/mol.